The fourth-order valence-electron chi connectivity index (χ4n) is 3.11. The molecule has 162 valence electrons. The minimum atomic E-state index is -1.61. The van der Waals surface area contributed by atoms with Crippen LogP contribution < -0.4 is 14.8 Å². The van der Waals surface area contributed by atoms with E-state index < -0.39 is 35.3 Å². The van der Waals surface area contributed by atoms with Crippen LogP contribution in [0.3, 0.4) is 0 Å². The van der Waals surface area contributed by atoms with E-state index in [0.29, 0.717) is 5.75 Å². The number of nitrogens with one attached hydrogen (secondary N) is 1. The molecule has 0 aliphatic carbocycles. The smallest absolute Gasteiger partial charge is 0.352 e. The quantitative estimate of drug-likeness (QED) is 0.343. The predicted octanol–water partition coefficient (Wildman–Crippen LogP) is -0.660. The predicted molar refractivity (Wildman–Crippen MR) is 100 cm³/mol. The number of amides is 2. The molecule has 12 nitrogen and oxygen atoms in total. The van der Waals surface area contributed by atoms with Crippen molar-refractivity contribution in [2.24, 2.45) is 0 Å². The first-order valence-corrected chi connectivity index (χ1v) is 9.60. The second-order valence-corrected chi connectivity index (χ2v) is 7.20. The highest BCUT2D eigenvalue weighted by molar-refractivity contribution is 8.00. The van der Waals surface area contributed by atoms with Crippen LogP contribution >= 0.6 is 11.8 Å². The Bertz CT molecular complexity index is 978. The summed E-state index contributed by atoms with van der Waals surface area (Å²) in [5.74, 6) is -2.70. The third-order valence-electron chi connectivity index (χ3n) is 4.42. The molecule has 1 aromatic rings. The standard InChI is InChI=1S/C18H14N2O10S/c21-6-28-9-1-2-10(12(5-9)29-7-22)14(30-8-23)15(24)19-13-16(25)20-11(18(26)27)3-4-31-17(13)20/h1-3,5-8,13-14,17H,4H2,(H,19,24)(H,26,27)/t13?,14?,17-/m0/s1. The molecule has 0 radical (unpaired) electrons. The van der Waals surface area contributed by atoms with Crippen molar-refractivity contribution in [3.05, 3.63) is 35.5 Å². The Morgan fingerprint density at radius 2 is 1.94 bits per heavy atom. The van der Waals surface area contributed by atoms with E-state index in [9.17, 15) is 33.9 Å². The number of carbonyl (C=O) groups is 6. The van der Waals surface area contributed by atoms with Crippen LogP contribution in [0.4, 0.5) is 0 Å². The van der Waals surface area contributed by atoms with Crippen molar-refractivity contribution in [1.82, 2.24) is 10.2 Å². The number of rotatable bonds is 10. The largest absolute Gasteiger partial charge is 0.477 e. The lowest BCUT2D eigenvalue weighted by Gasteiger charge is -2.48. The number of fused-ring (bicyclic) bond motifs is 1. The van der Waals surface area contributed by atoms with E-state index in [2.05, 4.69) is 10.1 Å². The fraction of sp³-hybridized carbons (Fsp3) is 0.222. The zero-order valence-corrected chi connectivity index (χ0v) is 16.3. The number of carbonyl (C=O) groups excluding carboxylic acids is 5. The number of carboxylic acid groups (broad SMARTS) is 1. The van der Waals surface area contributed by atoms with Gasteiger partial charge in [0.2, 0.25) is 6.10 Å². The molecule has 31 heavy (non-hydrogen) atoms. The van der Waals surface area contributed by atoms with Crippen LogP contribution in [0.25, 0.3) is 0 Å². The number of hydrogen-bond donors (Lipinski definition) is 2. The summed E-state index contributed by atoms with van der Waals surface area (Å²) in [6.45, 7) is 0.201. The number of β-lactam (4-membered cyclic amide) rings is 1. The molecule has 2 amide bonds. The molecule has 2 N–H and O–H groups in total. The van der Waals surface area contributed by atoms with E-state index in [1.807, 2.05) is 0 Å². The average Bonchev–Trinajstić information content (AvgIpc) is 2.76. The van der Waals surface area contributed by atoms with Crippen LogP contribution in [-0.2, 0) is 33.5 Å². The first-order chi connectivity index (χ1) is 14.9. The van der Waals surface area contributed by atoms with Gasteiger partial charge in [-0.2, -0.15) is 0 Å². The molecule has 0 saturated carbocycles. The molecule has 1 saturated heterocycles. The van der Waals surface area contributed by atoms with Crippen molar-refractivity contribution in [3.8, 4) is 11.5 Å². The van der Waals surface area contributed by atoms with E-state index >= 15 is 0 Å². The molecule has 0 bridgehead atoms. The van der Waals surface area contributed by atoms with Crippen LogP contribution in [0.1, 0.15) is 11.7 Å². The van der Waals surface area contributed by atoms with Gasteiger partial charge in [-0.1, -0.05) is 0 Å². The third-order valence-corrected chi connectivity index (χ3v) is 5.60. The van der Waals surface area contributed by atoms with Gasteiger partial charge in [-0.05, 0) is 18.2 Å². The Kier molecular flexibility index (Phi) is 6.55. The van der Waals surface area contributed by atoms with Gasteiger partial charge in [-0.3, -0.25) is 28.9 Å². The summed E-state index contributed by atoms with van der Waals surface area (Å²) in [6, 6.07) is 2.59. The molecule has 2 unspecified atom stereocenters. The fourth-order valence-corrected chi connectivity index (χ4v) is 4.31. The molecule has 2 aliphatic heterocycles. The maximum absolute atomic E-state index is 12.8. The maximum Gasteiger partial charge on any atom is 0.352 e. The van der Waals surface area contributed by atoms with Crippen molar-refractivity contribution < 1.29 is 48.1 Å². The van der Waals surface area contributed by atoms with Crippen LogP contribution in [0.2, 0.25) is 0 Å². The van der Waals surface area contributed by atoms with E-state index in [1.54, 1.807) is 0 Å². The average molecular weight is 450 g/mol. The number of benzene rings is 1. The highest BCUT2D eigenvalue weighted by Gasteiger charge is 2.53. The summed E-state index contributed by atoms with van der Waals surface area (Å²) in [5.41, 5.74) is -0.228. The van der Waals surface area contributed by atoms with E-state index in [1.165, 1.54) is 30.0 Å². The van der Waals surface area contributed by atoms with Crippen LogP contribution in [-0.4, -0.2) is 64.4 Å². The van der Waals surface area contributed by atoms with Gasteiger partial charge in [0.1, 0.15) is 28.6 Å². The summed E-state index contributed by atoms with van der Waals surface area (Å²) in [7, 11) is 0. The second kappa shape index (κ2) is 9.30. The lowest BCUT2D eigenvalue weighted by molar-refractivity contribution is -0.153. The molecule has 0 aromatic heterocycles. The van der Waals surface area contributed by atoms with Gasteiger partial charge in [-0.15, -0.1) is 11.8 Å². The highest BCUT2D eigenvalue weighted by Crippen LogP contribution is 2.38. The van der Waals surface area contributed by atoms with Gasteiger partial charge >= 0.3 is 5.97 Å². The third kappa shape index (κ3) is 4.21. The molecular weight excluding hydrogens is 436 g/mol. The van der Waals surface area contributed by atoms with Crippen LogP contribution in [0.15, 0.2) is 30.0 Å². The highest BCUT2D eigenvalue weighted by atomic mass is 32.2. The van der Waals surface area contributed by atoms with Crippen molar-refractivity contribution in [2.75, 3.05) is 5.75 Å². The summed E-state index contributed by atoms with van der Waals surface area (Å²) >= 11 is 1.25. The Morgan fingerprint density at radius 3 is 2.58 bits per heavy atom. The number of carboxylic acids is 1. The molecule has 2 heterocycles. The summed E-state index contributed by atoms with van der Waals surface area (Å²) < 4.78 is 14.3. The first-order valence-electron chi connectivity index (χ1n) is 8.55. The summed E-state index contributed by atoms with van der Waals surface area (Å²) in [6.07, 6.45) is -0.216. The lowest BCUT2D eigenvalue weighted by atomic mass is 10.0. The van der Waals surface area contributed by atoms with E-state index in [4.69, 9.17) is 9.47 Å². The molecule has 0 spiro atoms. The zero-order chi connectivity index (χ0) is 22.5. The minimum absolute atomic E-state index is 0.000295. The number of hydrogen-bond acceptors (Lipinski definition) is 10. The molecule has 13 heteroatoms. The van der Waals surface area contributed by atoms with Crippen LogP contribution in [0.5, 0.6) is 11.5 Å². The van der Waals surface area contributed by atoms with Crippen molar-refractivity contribution in [2.45, 2.75) is 17.5 Å². The van der Waals surface area contributed by atoms with E-state index in [-0.39, 0.29) is 42.2 Å². The SMILES string of the molecule is O=COc1ccc(C(OC=O)C(=O)NC2C(=O)N3C(C(=O)O)=CCS[C@@H]23)c(OC=O)c1. The van der Waals surface area contributed by atoms with Crippen LogP contribution in [0, 0.1) is 0 Å². The molecule has 3 atom stereocenters. The van der Waals surface area contributed by atoms with Gasteiger partial charge in [0, 0.05) is 17.4 Å². The Labute approximate surface area is 178 Å². The Morgan fingerprint density at radius 1 is 1.19 bits per heavy atom. The molecule has 1 fully saturated rings. The topological polar surface area (TPSA) is 166 Å². The number of thioether (sulfide) groups is 1. The van der Waals surface area contributed by atoms with Gasteiger partial charge in [0.25, 0.3) is 31.2 Å². The van der Waals surface area contributed by atoms with Gasteiger partial charge in [0.05, 0.1) is 0 Å². The van der Waals surface area contributed by atoms with Gasteiger partial charge in [0.15, 0.2) is 0 Å². The van der Waals surface area contributed by atoms with Gasteiger partial charge < -0.3 is 24.6 Å². The second-order valence-electron chi connectivity index (χ2n) is 6.05. The normalized spacial score (nSPS) is 20.2. The number of aliphatic carboxylic acids is 1. The Hall–Kier alpha value is -3.87. The van der Waals surface area contributed by atoms with Crippen molar-refractivity contribution in [3.63, 3.8) is 0 Å². The molecule has 3 rings (SSSR count). The maximum atomic E-state index is 12.8. The summed E-state index contributed by atoms with van der Waals surface area (Å²) in [5, 5.41) is 11.0. The molecule has 2 aliphatic rings. The first kappa shape index (κ1) is 21.8. The minimum Gasteiger partial charge on any atom is -0.477 e. The lowest BCUT2D eigenvalue weighted by Crippen LogP contribution is -2.70. The van der Waals surface area contributed by atoms with Crippen molar-refractivity contribution in [1.29, 1.82) is 0 Å². The molecule has 1 aromatic carbocycles. The van der Waals surface area contributed by atoms with Gasteiger partial charge in [-0.25, -0.2) is 4.79 Å². The number of nitrogens with zero attached hydrogens (tertiary/aromatic N) is 1. The van der Waals surface area contributed by atoms with E-state index in [0.717, 1.165) is 11.0 Å². The number of ether oxygens (including phenoxy) is 3. The Balaban J connectivity index is 1.82. The summed E-state index contributed by atoms with van der Waals surface area (Å²) in [4.78, 5) is 69.8. The monoisotopic (exact) mass is 450 g/mol. The molecular formula is C18H14N2O10S. The van der Waals surface area contributed by atoms with Crippen molar-refractivity contribution >= 4 is 49.0 Å². The zero-order valence-electron chi connectivity index (χ0n) is 15.5.